The maximum atomic E-state index is 5.92. The number of rotatable bonds is 6. The molecule has 0 N–H and O–H groups in total. The average Bonchev–Trinajstić information content (AvgIpc) is 2.25. The van der Waals surface area contributed by atoms with E-state index < -0.39 is 0 Å². The Morgan fingerprint density at radius 2 is 2.00 bits per heavy atom. The molecule has 0 aliphatic carbocycles. The molecule has 3 heteroatoms. The fourth-order valence-corrected chi connectivity index (χ4v) is 1.50. The van der Waals surface area contributed by atoms with Crippen LogP contribution in [0, 0.1) is 0 Å². The number of halogens is 1. The second kappa shape index (κ2) is 6.67. The molecule has 0 aliphatic rings. The van der Waals surface area contributed by atoms with Crippen LogP contribution in [0.3, 0.4) is 0 Å². The van der Waals surface area contributed by atoms with Gasteiger partial charge in [-0.2, -0.15) is 0 Å². The SMILES string of the molecule is CCC(CCC(C)Cl)Oc1ccncc1. The highest BCUT2D eigenvalue weighted by atomic mass is 35.5. The number of ether oxygens (including phenoxy) is 1. The van der Waals surface area contributed by atoms with E-state index in [4.69, 9.17) is 16.3 Å². The zero-order valence-corrected chi connectivity index (χ0v) is 10.1. The minimum absolute atomic E-state index is 0.222. The predicted molar refractivity (Wildman–Crippen MR) is 63.5 cm³/mol. The third-order valence-electron chi connectivity index (χ3n) is 2.29. The lowest BCUT2D eigenvalue weighted by Crippen LogP contribution is -2.16. The average molecular weight is 228 g/mol. The summed E-state index contributed by atoms with van der Waals surface area (Å²) in [6.45, 7) is 4.14. The predicted octanol–water partition coefficient (Wildman–Crippen LogP) is 3.65. The summed E-state index contributed by atoms with van der Waals surface area (Å²) >= 11 is 5.92. The molecule has 2 nitrogen and oxygen atoms in total. The van der Waals surface area contributed by atoms with Crippen LogP contribution in [0.5, 0.6) is 5.75 Å². The van der Waals surface area contributed by atoms with Gasteiger partial charge in [0.25, 0.3) is 0 Å². The summed E-state index contributed by atoms with van der Waals surface area (Å²) in [5.41, 5.74) is 0. The third-order valence-corrected chi connectivity index (χ3v) is 2.51. The first-order valence-electron chi connectivity index (χ1n) is 5.43. The molecular weight excluding hydrogens is 210 g/mol. The highest BCUT2D eigenvalue weighted by molar-refractivity contribution is 6.20. The number of hydrogen-bond acceptors (Lipinski definition) is 2. The second-order valence-electron chi connectivity index (χ2n) is 3.69. The third kappa shape index (κ3) is 5.03. The molecule has 1 rings (SSSR count). The van der Waals surface area contributed by atoms with Crippen LogP contribution in [0.25, 0.3) is 0 Å². The maximum Gasteiger partial charge on any atom is 0.122 e. The summed E-state index contributed by atoms with van der Waals surface area (Å²) in [4.78, 5) is 3.95. The van der Waals surface area contributed by atoms with Gasteiger partial charge in [0.05, 0.1) is 6.10 Å². The minimum atomic E-state index is 0.222. The van der Waals surface area contributed by atoms with Crippen molar-refractivity contribution in [3.05, 3.63) is 24.5 Å². The highest BCUT2D eigenvalue weighted by Crippen LogP contribution is 2.16. The molecule has 1 aromatic rings. The molecule has 1 aromatic heterocycles. The normalized spacial score (nSPS) is 14.6. The number of aromatic nitrogens is 1. The van der Waals surface area contributed by atoms with Crippen LogP contribution in [0.4, 0.5) is 0 Å². The van der Waals surface area contributed by atoms with Gasteiger partial charge in [0.15, 0.2) is 0 Å². The van der Waals surface area contributed by atoms with E-state index in [-0.39, 0.29) is 11.5 Å². The van der Waals surface area contributed by atoms with Crippen molar-refractivity contribution in [2.75, 3.05) is 0 Å². The fraction of sp³-hybridized carbons (Fsp3) is 0.583. The van der Waals surface area contributed by atoms with Crippen molar-refractivity contribution in [1.82, 2.24) is 4.98 Å². The molecule has 0 aliphatic heterocycles. The summed E-state index contributed by atoms with van der Waals surface area (Å²) in [5.74, 6) is 0.888. The minimum Gasteiger partial charge on any atom is -0.490 e. The van der Waals surface area contributed by atoms with Crippen molar-refractivity contribution in [1.29, 1.82) is 0 Å². The van der Waals surface area contributed by atoms with E-state index in [1.165, 1.54) is 0 Å². The number of hydrogen-bond donors (Lipinski definition) is 0. The van der Waals surface area contributed by atoms with Crippen molar-refractivity contribution in [3.8, 4) is 5.75 Å². The Hall–Kier alpha value is -0.760. The monoisotopic (exact) mass is 227 g/mol. The van der Waals surface area contributed by atoms with Crippen LogP contribution in [0.15, 0.2) is 24.5 Å². The van der Waals surface area contributed by atoms with Gasteiger partial charge >= 0.3 is 0 Å². The van der Waals surface area contributed by atoms with Gasteiger partial charge in [-0.3, -0.25) is 4.98 Å². The second-order valence-corrected chi connectivity index (χ2v) is 4.43. The Bertz CT molecular complexity index is 264. The molecule has 2 unspecified atom stereocenters. The summed E-state index contributed by atoms with van der Waals surface area (Å²) in [6.07, 6.45) is 6.74. The zero-order valence-electron chi connectivity index (χ0n) is 9.32. The smallest absolute Gasteiger partial charge is 0.122 e. The van der Waals surface area contributed by atoms with Crippen molar-refractivity contribution >= 4 is 11.6 Å². The molecule has 1 heterocycles. The molecule has 0 bridgehead atoms. The van der Waals surface area contributed by atoms with Crippen LogP contribution in [-0.4, -0.2) is 16.5 Å². The molecular formula is C12H18ClNO. The van der Waals surface area contributed by atoms with Crippen LogP contribution in [-0.2, 0) is 0 Å². The van der Waals surface area contributed by atoms with Crippen LogP contribution in [0.2, 0.25) is 0 Å². The quantitative estimate of drug-likeness (QED) is 0.693. The standard InChI is InChI=1S/C12H18ClNO/c1-3-11(5-4-10(2)13)15-12-6-8-14-9-7-12/h6-11H,3-5H2,1-2H3. The van der Waals surface area contributed by atoms with E-state index in [2.05, 4.69) is 11.9 Å². The van der Waals surface area contributed by atoms with Gasteiger partial charge in [0.1, 0.15) is 5.75 Å². The van der Waals surface area contributed by atoms with Gasteiger partial charge in [0.2, 0.25) is 0 Å². The van der Waals surface area contributed by atoms with E-state index in [0.717, 1.165) is 25.0 Å². The van der Waals surface area contributed by atoms with E-state index in [1.54, 1.807) is 12.4 Å². The van der Waals surface area contributed by atoms with Gasteiger partial charge in [-0.05, 0) is 38.3 Å². The van der Waals surface area contributed by atoms with Gasteiger partial charge < -0.3 is 4.74 Å². The maximum absolute atomic E-state index is 5.92. The van der Waals surface area contributed by atoms with E-state index in [9.17, 15) is 0 Å². The number of alkyl halides is 1. The molecule has 0 saturated heterocycles. The fourth-order valence-electron chi connectivity index (χ4n) is 1.37. The van der Waals surface area contributed by atoms with E-state index in [1.807, 2.05) is 19.1 Å². The van der Waals surface area contributed by atoms with E-state index >= 15 is 0 Å². The first-order chi connectivity index (χ1) is 7.22. The Labute approximate surface area is 96.6 Å². The largest absolute Gasteiger partial charge is 0.490 e. The molecule has 0 saturated carbocycles. The first-order valence-corrected chi connectivity index (χ1v) is 5.86. The summed E-state index contributed by atoms with van der Waals surface area (Å²) < 4.78 is 5.82. The summed E-state index contributed by atoms with van der Waals surface area (Å²) in [5, 5.41) is 0.222. The first kappa shape index (κ1) is 12.3. The Balaban J connectivity index is 2.40. The topological polar surface area (TPSA) is 22.1 Å². The molecule has 0 radical (unpaired) electrons. The van der Waals surface area contributed by atoms with Crippen LogP contribution in [0.1, 0.15) is 33.1 Å². The number of nitrogens with zero attached hydrogens (tertiary/aromatic N) is 1. The van der Waals surface area contributed by atoms with E-state index in [0.29, 0.717) is 0 Å². The summed E-state index contributed by atoms with van der Waals surface area (Å²) in [7, 11) is 0. The van der Waals surface area contributed by atoms with Gasteiger partial charge in [-0.25, -0.2) is 0 Å². The van der Waals surface area contributed by atoms with Crippen molar-refractivity contribution in [2.45, 2.75) is 44.6 Å². The zero-order chi connectivity index (χ0) is 11.1. The Morgan fingerprint density at radius 1 is 1.33 bits per heavy atom. The lowest BCUT2D eigenvalue weighted by atomic mass is 10.1. The highest BCUT2D eigenvalue weighted by Gasteiger charge is 2.09. The Morgan fingerprint density at radius 3 is 2.53 bits per heavy atom. The molecule has 0 aromatic carbocycles. The molecule has 84 valence electrons. The summed E-state index contributed by atoms with van der Waals surface area (Å²) in [6, 6.07) is 3.76. The van der Waals surface area contributed by atoms with Crippen LogP contribution >= 0.6 is 11.6 Å². The number of pyridine rings is 1. The van der Waals surface area contributed by atoms with Crippen molar-refractivity contribution < 1.29 is 4.74 Å². The molecule has 0 amide bonds. The molecule has 15 heavy (non-hydrogen) atoms. The Kier molecular flexibility index (Phi) is 5.48. The van der Waals surface area contributed by atoms with Crippen molar-refractivity contribution in [3.63, 3.8) is 0 Å². The van der Waals surface area contributed by atoms with Gasteiger partial charge in [-0.15, -0.1) is 11.6 Å². The molecule has 0 spiro atoms. The lowest BCUT2D eigenvalue weighted by Gasteiger charge is -2.17. The molecule has 0 fully saturated rings. The van der Waals surface area contributed by atoms with Gasteiger partial charge in [0, 0.05) is 17.8 Å². The van der Waals surface area contributed by atoms with Crippen molar-refractivity contribution in [2.24, 2.45) is 0 Å². The molecule has 2 atom stereocenters. The lowest BCUT2D eigenvalue weighted by molar-refractivity contribution is 0.183. The van der Waals surface area contributed by atoms with Gasteiger partial charge in [-0.1, -0.05) is 6.92 Å². The van der Waals surface area contributed by atoms with Crippen LogP contribution < -0.4 is 4.74 Å².